The number of aromatic nitrogens is 1. The second-order valence-corrected chi connectivity index (χ2v) is 6.83. The first kappa shape index (κ1) is 16.6. The Kier molecular flexibility index (Phi) is 6.13. The highest BCUT2D eigenvalue weighted by Gasteiger charge is 2.22. The molecule has 112 valence electrons. The molecule has 5 nitrogen and oxygen atoms in total. The molecule has 0 aliphatic rings. The van der Waals surface area contributed by atoms with Crippen molar-refractivity contribution in [3.8, 4) is 0 Å². The molecule has 0 saturated carbocycles. The SMILES string of the molecule is CCCN(CC(=O)Nc1nccs1)C(=O)CC(C)(C)C. The largest absolute Gasteiger partial charge is 0.333 e. The van der Waals surface area contributed by atoms with E-state index in [1.165, 1.54) is 11.3 Å². The van der Waals surface area contributed by atoms with Gasteiger partial charge < -0.3 is 10.2 Å². The fourth-order valence-corrected chi connectivity index (χ4v) is 2.29. The van der Waals surface area contributed by atoms with E-state index >= 15 is 0 Å². The summed E-state index contributed by atoms with van der Waals surface area (Å²) in [5, 5.41) is 5.06. The van der Waals surface area contributed by atoms with Crippen molar-refractivity contribution in [3.05, 3.63) is 11.6 Å². The average molecular weight is 297 g/mol. The van der Waals surface area contributed by atoms with Crippen LogP contribution < -0.4 is 5.32 Å². The number of nitrogens with zero attached hydrogens (tertiary/aromatic N) is 2. The van der Waals surface area contributed by atoms with Gasteiger partial charge in [-0.05, 0) is 11.8 Å². The van der Waals surface area contributed by atoms with Crippen LogP contribution in [0, 0.1) is 5.41 Å². The number of rotatable bonds is 6. The molecule has 1 rings (SSSR count). The second-order valence-electron chi connectivity index (χ2n) is 5.94. The molecule has 1 aromatic heterocycles. The number of nitrogens with one attached hydrogen (secondary N) is 1. The zero-order valence-corrected chi connectivity index (χ0v) is 13.4. The van der Waals surface area contributed by atoms with E-state index in [1.807, 2.05) is 27.7 Å². The van der Waals surface area contributed by atoms with Crippen molar-refractivity contribution in [2.45, 2.75) is 40.5 Å². The van der Waals surface area contributed by atoms with Crippen LogP contribution in [0.5, 0.6) is 0 Å². The Morgan fingerprint density at radius 3 is 2.60 bits per heavy atom. The van der Waals surface area contributed by atoms with Crippen molar-refractivity contribution in [2.75, 3.05) is 18.4 Å². The monoisotopic (exact) mass is 297 g/mol. The van der Waals surface area contributed by atoms with Crippen molar-refractivity contribution < 1.29 is 9.59 Å². The number of amides is 2. The van der Waals surface area contributed by atoms with E-state index in [2.05, 4.69) is 10.3 Å². The minimum atomic E-state index is -0.198. The van der Waals surface area contributed by atoms with E-state index < -0.39 is 0 Å². The first-order valence-electron chi connectivity index (χ1n) is 6.79. The van der Waals surface area contributed by atoms with Gasteiger partial charge in [0, 0.05) is 24.5 Å². The van der Waals surface area contributed by atoms with Crippen LogP contribution in [0.4, 0.5) is 5.13 Å². The van der Waals surface area contributed by atoms with Crippen molar-refractivity contribution in [3.63, 3.8) is 0 Å². The highest BCUT2D eigenvalue weighted by molar-refractivity contribution is 7.13. The van der Waals surface area contributed by atoms with Gasteiger partial charge in [0.2, 0.25) is 11.8 Å². The molecule has 0 aliphatic carbocycles. The van der Waals surface area contributed by atoms with Crippen LogP contribution in [0.15, 0.2) is 11.6 Å². The smallest absolute Gasteiger partial charge is 0.245 e. The summed E-state index contributed by atoms with van der Waals surface area (Å²) in [5.41, 5.74) is -0.0745. The molecule has 0 fully saturated rings. The van der Waals surface area contributed by atoms with Crippen molar-refractivity contribution in [1.82, 2.24) is 9.88 Å². The summed E-state index contributed by atoms with van der Waals surface area (Å²) in [6.07, 6.45) is 2.91. The van der Waals surface area contributed by atoms with Crippen molar-refractivity contribution >= 4 is 28.3 Å². The van der Waals surface area contributed by atoms with E-state index in [-0.39, 0.29) is 23.8 Å². The fraction of sp³-hybridized carbons (Fsp3) is 0.643. The zero-order valence-electron chi connectivity index (χ0n) is 12.6. The lowest BCUT2D eigenvalue weighted by Gasteiger charge is -2.25. The summed E-state index contributed by atoms with van der Waals surface area (Å²) >= 11 is 1.36. The molecule has 20 heavy (non-hydrogen) atoms. The number of hydrogen-bond acceptors (Lipinski definition) is 4. The molecule has 0 bridgehead atoms. The summed E-state index contributed by atoms with van der Waals surface area (Å²) < 4.78 is 0. The van der Waals surface area contributed by atoms with E-state index in [9.17, 15) is 9.59 Å². The predicted octanol–water partition coefficient (Wildman–Crippen LogP) is 2.76. The average Bonchev–Trinajstić information content (AvgIpc) is 2.78. The molecule has 0 aliphatic heterocycles. The molecule has 1 N–H and O–H groups in total. The van der Waals surface area contributed by atoms with Crippen molar-refractivity contribution in [1.29, 1.82) is 0 Å². The van der Waals surface area contributed by atoms with Gasteiger partial charge >= 0.3 is 0 Å². The third-order valence-electron chi connectivity index (χ3n) is 2.54. The molecule has 0 radical (unpaired) electrons. The maximum absolute atomic E-state index is 12.2. The minimum absolute atomic E-state index is 0.0219. The summed E-state index contributed by atoms with van der Waals surface area (Å²) in [6, 6.07) is 0. The van der Waals surface area contributed by atoms with E-state index in [1.54, 1.807) is 16.5 Å². The molecule has 6 heteroatoms. The van der Waals surface area contributed by atoms with Gasteiger partial charge in [0.15, 0.2) is 5.13 Å². The molecular formula is C14H23N3O2S. The van der Waals surface area contributed by atoms with Crippen LogP contribution >= 0.6 is 11.3 Å². The first-order valence-corrected chi connectivity index (χ1v) is 7.67. The fourth-order valence-electron chi connectivity index (χ4n) is 1.74. The molecule has 1 aromatic rings. The van der Waals surface area contributed by atoms with Crippen LogP contribution in [-0.2, 0) is 9.59 Å². The maximum Gasteiger partial charge on any atom is 0.245 e. The van der Waals surface area contributed by atoms with Gasteiger partial charge in [-0.1, -0.05) is 27.7 Å². The van der Waals surface area contributed by atoms with Crippen LogP contribution in [0.25, 0.3) is 0 Å². The maximum atomic E-state index is 12.2. The third-order valence-corrected chi connectivity index (χ3v) is 3.23. The topological polar surface area (TPSA) is 62.3 Å². The minimum Gasteiger partial charge on any atom is -0.333 e. The molecule has 0 atom stereocenters. The van der Waals surface area contributed by atoms with Gasteiger partial charge in [-0.25, -0.2) is 4.98 Å². The molecular weight excluding hydrogens is 274 g/mol. The van der Waals surface area contributed by atoms with Gasteiger partial charge in [0.25, 0.3) is 0 Å². The van der Waals surface area contributed by atoms with Gasteiger partial charge in [-0.15, -0.1) is 11.3 Å². The Hall–Kier alpha value is -1.43. The highest BCUT2D eigenvalue weighted by Crippen LogP contribution is 2.20. The Morgan fingerprint density at radius 2 is 2.10 bits per heavy atom. The Labute approximate surface area is 124 Å². The Morgan fingerprint density at radius 1 is 1.40 bits per heavy atom. The van der Waals surface area contributed by atoms with Gasteiger partial charge in [-0.2, -0.15) is 0 Å². The van der Waals surface area contributed by atoms with Crippen LogP contribution in [-0.4, -0.2) is 34.8 Å². The normalized spacial score (nSPS) is 11.2. The van der Waals surface area contributed by atoms with Gasteiger partial charge in [-0.3, -0.25) is 9.59 Å². The standard InChI is InChI=1S/C14H23N3O2S/c1-5-7-17(12(19)9-14(2,3)4)10-11(18)16-13-15-6-8-20-13/h6,8H,5,7,9-10H2,1-4H3,(H,15,16,18). The molecule has 2 amide bonds. The first-order chi connectivity index (χ1) is 9.31. The molecule has 0 saturated heterocycles. The Bertz CT molecular complexity index is 438. The third kappa shape index (κ3) is 6.14. The summed E-state index contributed by atoms with van der Waals surface area (Å²) in [5.74, 6) is -0.177. The number of thiazole rings is 1. The van der Waals surface area contributed by atoms with Gasteiger partial charge in [0.1, 0.15) is 0 Å². The lowest BCUT2D eigenvalue weighted by molar-refractivity contribution is -0.136. The zero-order chi connectivity index (χ0) is 15.2. The Balaban J connectivity index is 2.57. The number of anilines is 1. The van der Waals surface area contributed by atoms with Crippen molar-refractivity contribution in [2.24, 2.45) is 5.41 Å². The summed E-state index contributed by atoms with van der Waals surface area (Å²) in [6.45, 7) is 8.73. The molecule has 0 aromatic carbocycles. The lowest BCUT2D eigenvalue weighted by Crippen LogP contribution is -2.39. The number of carbonyl (C=O) groups excluding carboxylic acids is 2. The van der Waals surface area contributed by atoms with Crippen LogP contribution in [0.1, 0.15) is 40.5 Å². The predicted molar refractivity (Wildman–Crippen MR) is 81.7 cm³/mol. The quantitative estimate of drug-likeness (QED) is 0.878. The number of hydrogen-bond donors (Lipinski definition) is 1. The summed E-state index contributed by atoms with van der Waals surface area (Å²) in [4.78, 5) is 29.8. The molecule has 0 unspecified atom stereocenters. The van der Waals surface area contributed by atoms with E-state index in [0.29, 0.717) is 18.1 Å². The molecule has 1 heterocycles. The molecule has 0 spiro atoms. The van der Waals surface area contributed by atoms with E-state index in [0.717, 1.165) is 6.42 Å². The second kappa shape index (κ2) is 7.38. The van der Waals surface area contributed by atoms with Crippen LogP contribution in [0.2, 0.25) is 0 Å². The van der Waals surface area contributed by atoms with Gasteiger partial charge in [0.05, 0.1) is 6.54 Å². The lowest BCUT2D eigenvalue weighted by atomic mass is 9.91. The van der Waals surface area contributed by atoms with Crippen LogP contribution in [0.3, 0.4) is 0 Å². The summed E-state index contributed by atoms with van der Waals surface area (Å²) in [7, 11) is 0. The number of carbonyl (C=O) groups is 2. The van der Waals surface area contributed by atoms with E-state index in [4.69, 9.17) is 0 Å². The highest BCUT2D eigenvalue weighted by atomic mass is 32.1.